The number of hydrogen-bond donors (Lipinski definition) is 1. The smallest absolute Gasteiger partial charge is 0.138 e. The molecule has 1 aromatic heterocycles. The third-order valence-electron chi connectivity index (χ3n) is 2.82. The van der Waals surface area contributed by atoms with Crippen LogP contribution in [0.2, 0.25) is 5.02 Å². The van der Waals surface area contributed by atoms with Crippen molar-refractivity contribution < 1.29 is 4.74 Å². The number of halogens is 1. The molecule has 3 rings (SSSR count). The van der Waals surface area contributed by atoms with Gasteiger partial charge in [-0.15, -0.1) is 11.3 Å². The van der Waals surface area contributed by atoms with Gasteiger partial charge in [-0.2, -0.15) is 0 Å². The van der Waals surface area contributed by atoms with Crippen molar-refractivity contribution in [1.29, 1.82) is 0 Å². The van der Waals surface area contributed by atoms with Crippen molar-refractivity contribution in [2.45, 2.75) is 0 Å². The van der Waals surface area contributed by atoms with Gasteiger partial charge in [0, 0.05) is 21.5 Å². The van der Waals surface area contributed by atoms with Crippen LogP contribution >= 0.6 is 22.9 Å². The van der Waals surface area contributed by atoms with Gasteiger partial charge >= 0.3 is 0 Å². The maximum absolute atomic E-state index is 6.13. The molecule has 17 heavy (non-hydrogen) atoms. The molecule has 0 fully saturated rings. The van der Waals surface area contributed by atoms with E-state index in [0.717, 1.165) is 21.2 Å². The van der Waals surface area contributed by atoms with Gasteiger partial charge in [-0.1, -0.05) is 29.8 Å². The molecule has 0 saturated carbocycles. The molecule has 2 nitrogen and oxygen atoms in total. The number of benzene rings is 2. The number of thiophene rings is 1. The first-order valence-corrected chi connectivity index (χ1v) is 6.35. The number of nitrogens with two attached hydrogens (primary N) is 1. The van der Waals surface area contributed by atoms with Crippen LogP contribution in [-0.2, 0) is 0 Å². The molecule has 0 unspecified atom stereocenters. The van der Waals surface area contributed by atoms with Crippen LogP contribution in [0, 0.1) is 0 Å². The van der Waals surface area contributed by atoms with Gasteiger partial charge in [0.1, 0.15) is 5.75 Å². The molecule has 0 atom stereocenters. The van der Waals surface area contributed by atoms with E-state index in [9.17, 15) is 0 Å². The SMILES string of the molecule is COc1cc(Cl)c(N)c2c1sc1ccccc12. The van der Waals surface area contributed by atoms with Crippen molar-refractivity contribution in [1.82, 2.24) is 0 Å². The summed E-state index contributed by atoms with van der Waals surface area (Å²) in [6, 6.07) is 9.92. The average molecular weight is 264 g/mol. The van der Waals surface area contributed by atoms with Crippen LogP contribution in [0.5, 0.6) is 5.75 Å². The van der Waals surface area contributed by atoms with Gasteiger partial charge in [-0.25, -0.2) is 0 Å². The fourth-order valence-corrected chi connectivity index (χ4v) is 3.42. The molecule has 86 valence electrons. The van der Waals surface area contributed by atoms with E-state index in [2.05, 4.69) is 12.1 Å². The Labute approximate surface area is 108 Å². The highest BCUT2D eigenvalue weighted by atomic mass is 35.5. The number of nitrogen functional groups attached to an aromatic ring is 1. The second kappa shape index (κ2) is 3.79. The molecule has 0 aliphatic carbocycles. The Bertz CT molecular complexity index is 720. The second-order valence-corrected chi connectivity index (χ2v) is 5.24. The molecule has 4 heteroatoms. The summed E-state index contributed by atoms with van der Waals surface area (Å²) in [6.45, 7) is 0. The maximum Gasteiger partial charge on any atom is 0.138 e. The standard InChI is InChI=1S/C13H10ClNOS/c1-16-9-6-8(14)12(15)11-7-4-2-3-5-10(7)17-13(9)11/h2-6H,15H2,1H3. The van der Waals surface area contributed by atoms with E-state index in [1.165, 1.54) is 4.70 Å². The van der Waals surface area contributed by atoms with Gasteiger partial charge in [-0.3, -0.25) is 0 Å². The minimum Gasteiger partial charge on any atom is -0.495 e. The highest BCUT2D eigenvalue weighted by Crippen LogP contribution is 2.45. The van der Waals surface area contributed by atoms with E-state index < -0.39 is 0 Å². The molecule has 2 aromatic carbocycles. The van der Waals surface area contributed by atoms with E-state index in [0.29, 0.717) is 10.7 Å². The number of ether oxygens (including phenoxy) is 1. The summed E-state index contributed by atoms with van der Waals surface area (Å²) in [5.74, 6) is 0.778. The molecule has 1 heterocycles. The maximum atomic E-state index is 6.13. The average Bonchev–Trinajstić information content (AvgIpc) is 2.73. The lowest BCUT2D eigenvalue weighted by atomic mass is 10.1. The van der Waals surface area contributed by atoms with Crippen molar-refractivity contribution in [2.24, 2.45) is 0 Å². The van der Waals surface area contributed by atoms with Crippen molar-refractivity contribution in [3.8, 4) is 5.75 Å². The number of fused-ring (bicyclic) bond motifs is 3. The summed E-state index contributed by atoms with van der Waals surface area (Å²) >= 11 is 7.80. The van der Waals surface area contributed by atoms with Gasteiger partial charge < -0.3 is 10.5 Å². The first-order chi connectivity index (χ1) is 8.22. The van der Waals surface area contributed by atoms with Crippen LogP contribution in [-0.4, -0.2) is 7.11 Å². The third-order valence-corrected chi connectivity index (χ3v) is 4.32. The predicted molar refractivity (Wildman–Crippen MR) is 75.3 cm³/mol. The Morgan fingerprint density at radius 1 is 1.29 bits per heavy atom. The van der Waals surface area contributed by atoms with Crippen LogP contribution in [0.3, 0.4) is 0 Å². The van der Waals surface area contributed by atoms with Crippen LogP contribution < -0.4 is 10.5 Å². The van der Waals surface area contributed by atoms with Gasteiger partial charge in [0.2, 0.25) is 0 Å². The molecular weight excluding hydrogens is 254 g/mol. The highest BCUT2D eigenvalue weighted by Gasteiger charge is 2.14. The Morgan fingerprint density at radius 3 is 2.82 bits per heavy atom. The third kappa shape index (κ3) is 1.47. The highest BCUT2D eigenvalue weighted by molar-refractivity contribution is 7.26. The van der Waals surface area contributed by atoms with E-state index in [4.69, 9.17) is 22.1 Å². The molecular formula is C13H10ClNOS. The molecule has 0 radical (unpaired) electrons. The zero-order valence-corrected chi connectivity index (χ0v) is 10.7. The van der Waals surface area contributed by atoms with Crippen LogP contribution in [0.15, 0.2) is 30.3 Å². The Morgan fingerprint density at radius 2 is 2.06 bits per heavy atom. The molecule has 2 N–H and O–H groups in total. The van der Waals surface area contributed by atoms with E-state index in [1.807, 2.05) is 12.1 Å². The summed E-state index contributed by atoms with van der Waals surface area (Å²) in [4.78, 5) is 0. The lowest BCUT2D eigenvalue weighted by Gasteiger charge is -2.06. The van der Waals surface area contributed by atoms with Gasteiger partial charge in [0.05, 0.1) is 22.5 Å². The first-order valence-electron chi connectivity index (χ1n) is 5.15. The monoisotopic (exact) mass is 263 g/mol. The van der Waals surface area contributed by atoms with Crippen LogP contribution in [0.1, 0.15) is 0 Å². The quantitative estimate of drug-likeness (QED) is 0.665. The fraction of sp³-hybridized carbons (Fsp3) is 0.0769. The van der Waals surface area contributed by atoms with Crippen molar-refractivity contribution in [2.75, 3.05) is 12.8 Å². The van der Waals surface area contributed by atoms with Gasteiger partial charge in [0.15, 0.2) is 0 Å². The fourth-order valence-electron chi connectivity index (χ4n) is 2.02. The molecule has 0 saturated heterocycles. The van der Waals surface area contributed by atoms with Crippen molar-refractivity contribution in [3.05, 3.63) is 35.4 Å². The van der Waals surface area contributed by atoms with Crippen molar-refractivity contribution >= 4 is 48.8 Å². The molecule has 0 bridgehead atoms. The Hall–Kier alpha value is -1.45. The van der Waals surface area contributed by atoms with Gasteiger partial charge in [0.25, 0.3) is 0 Å². The summed E-state index contributed by atoms with van der Waals surface area (Å²) < 4.78 is 7.60. The Balaban J connectivity index is 2.60. The van der Waals surface area contributed by atoms with Crippen LogP contribution in [0.4, 0.5) is 5.69 Å². The number of anilines is 1. The molecule has 0 aliphatic heterocycles. The topological polar surface area (TPSA) is 35.2 Å². The lowest BCUT2D eigenvalue weighted by Crippen LogP contribution is -1.90. The summed E-state index contributed by atoms with van der Waals surface area (Å²) in [7, 11) is 1.64. The molecule has 3 aromatic rings. The zero-order valence-electron chi connectivity index (χ0n) is 9.16. The second-order valence-electron chi connectivity index (χ2n) is 3.78. The Kier molecular flexibility index (Phi) is 2.38. The minimum absolute atomic E-state index is 0.540. The molecule has 0 aliphatic rings. The zero-order chi connectivity index (χ0) is 12.0. The number of hydrogen-bond acceptors (Lipinski definition) is 3. The largest absolute Gasteiger partial charge is 0.495 e. The molecule has 0 spiro atoms. The van der Waals surface area contributed by atoms with E-state index in [-0.39, 0.29) is 0 Å². The summed E-state index contributed by atoms with van der Waals surface area (Å²) in [6.07, 6.45) is 0. The first kappa shape index (κ1) is 10.7. The van der Waals surface area contributed by atoms with Crippen LogP contribution in [0.25, 0.3) is 20.2 Å². The molecule has 0 amide bonds. The van der Waals surface area contributed by atoms with Crippen molar-refractivity contribution in [3.63, 3.8) is 0 Å². The number of methoxy groups -OCH3 is 1. The summed E-state index contributed by atoms with van der Waals surface area (Å²) in [5, 5.41) is 2.67. The van der Waals surface area contributed by atoms with E-state index in [1.54, 1.807) is 24.5 Å². The number of rotatable bonds is 1. The van der Waals surface area contributed by atoms with E-state index >= 15 is 0 Å². The normalized spacial score (nSPS) is 11.2. The van der Waals surface area contributed by atoms with Gasteiger partial charge in [-0.05, 0) is 6.07 Å². The summed E-state index contributed by atoms with van der Waals surface area (Å²) in [5.41, 5.74) is 6.70. The predicted octanol–water partition coefficient (Wildman–Crippen LogP) is 4.30. The minimum atomic E-state index is 0.540. The lowest BCUT2D eigenvalue weighted by molar-refractivity contribution is 0.420.